The molecule has 1 aromatic carbocycles. The number of hydrogen-bond donors (Lipinski definition) is 0. The third-order valence-corrected chi connectivity index (χ3v) is 3.56. The Morgan fingerprint density at radius 2 is 2.00 bits per heavy atom. The van der Waals surface area contributed by atoms with Gasteiger partial charge in [0.1, 0.15) is 11.6 Å². The Labute approximate surface area is 119 Å². The second kappa shape index (κ2) is 5.01. The number of aromatic nitrogens is 3. The zero-order valence-electron chi connectivity index (χ0n) is 10.4. The lowest BCUT2D eigenvalue weighted by Crippen LogP contribution is -1.98. The molecule has 0 amide bonds. The maximum Gasteiger partial charge on any atom is 0.161 e. The van der Waals surface area contributed by atoms with Crippen LogP contribution in [0.25, 0.3) is 5.65 Å². The van der Waals surface area contributed by atoms with Crippen molar-refractivity contribution in [1.29, 1.82) is 0 Å². The van der Waals surface area contributed by atoms with Crippen molar-refractivity contribution in [2.75, 3.05) is 7.11 Å². The van der Waals surface area contributed by atoms with Crippen molar-refractivity contribution in [3.8, 4) is 5.75 Å². The van der Waals surface area contributed by atoms with E-state index in [0.29, 0.717) is 6.42 Å². The molecule has 5 heteroatoms. The lowest BCUT2D eigenvalue weighted by molar-refractivity contribution is 0.414. The van der Waals surface area contributed by atoms with Crippen molar-refractivity contribution in [2.45, 2.75) is 6.42 Å². The molecule has 2 aromatic heterocycles. The predicted molar refractivity (Wildman–Crippen MR) is 76.5 cm³/mol. The first-order valence-electron chi connectivity index (χ1n) is 5.89. The maximum absolute atomic E-state index is 5.23. The number of benzene rings is 1. The van der Waals surface area contributed by atoms with Crippen LogP contribution in [0.2, 0.25) is 0 Å². The monoisotopic (exact) mass is 317 g/mol. The minimum atomic E-state index is 0.709. The average Bonchev–Trinajstić information content (AvgIpc) is 2.84. The molecule has 0 aliphatic rings. The first kappa shape index (κ1) is 12.2. The number of halogens is 1. The van der Waals surface area contributed by atoms with Gasteiger partial charge in [-0.1, -0.05) is 18.2 Å². The molecule has 0 saturated heterocycles. The Bertz CT molecular complexity index is 724. The molecule has 0 N–H and O–H groups in total. The zero-order chi connectivity index (χ0) is 13.2. The molecule has 19 heavy (non-hydrogen) atoms. The van der Waals surface area contributed by atoms with E-state index in [1.807, 2.05) is 40.8 Å². The van der Waals surface area contributed by atoms with Crippen LogP contribution in [0, 0.1) is 0 Å². The number of ether oxygens (including phenoxy) is 1. The Balaban J connectivity index is 2.01. The van der Waals surface area contributed by atoms with Crippen molar-refractivity contribution in [3.05, 3.63) is 58.5 Å². The van der Waals surface area contributed by atoms with Crippen LogP contribution in [0.3, 0.4) is 0 Å². The van der Waals surface area contributed by atoms with Gasteiger partial charge in [0.25, 0.3) is 0 Å². The van der Waals surface area contributed by atoms with E-state index in [1.54, 1.807) is 7.11 Å². The molecular weight excluding hydrogens is 306 g/mol. The molecule has 0 radical (unpaired) electrons. The summed E-state index contributed by atoms with van der Waals surface area (Å²) in [4.78, 5) is 0. The molecule has 0 spiro atoms. The van der Waals surface area contributed by atoms with Crippen LogP contribution in [0.15, 0.2) is 47.1 Å². The highest BCUT2D eigenvalue weighted by molar-refractivity contribution is 9.10. The normalized spacial score (nSPS) is 10.8. The second-order valence-electron chi connectivity index (χ2n) is 4.19. The van der Waals surface area contributed by atoms with Gasteiger partial charge in [0.15, 0.2) is 5.65 Å². The van der Waals surface area contributed by atoms with E-state index in [9.17, 15) is 0 Å². The number of fused-ring (bicyclic) bond motifs is 1. The predicted octanol–water partition coefficient (Wildman–Crippen LogP) is 3.09. The summed E-state index contributed by atoms with van der Waals surface area (Å²) in [6, 6.07) is 13.8. The maximum atomic E-state index is 5.23. The minimum Gasteiger partial charge on any atom is -0.497 e. The summed E-state index contributed by atoms with van der Waals surface area (Å²) in [5, 5.41) is 8.42. The van der Waals surface area contributed by atoms with Crippen LogP contribution in [-0.2, 0) is 6.42 Å². The molecule has 4 nitrogen and oxygen atoms in total. The number of methoxy groups -OCH3 is 1. The third kappa shape index (κ3) is 2.33. The summed E-state index contributed by atoms with van der Waals surface area (Å²) >= 11 is 3.53. The summed E-state index contributed by atoms with van der Waals surface area (Å²) < 4.78 is 8.18. The quantitative estimate of drug-likeness (QED) is 0.697. The Morgan fingerprint density at radius 3 is 2.84 bits per heavy atom. The van der Waals surface area contributed by atoms with E-state index >= 15 is 0 Å². The van der Waals surface area contributed by atoms with Gasteiger partial charge in [0, 0.05) is 6.42 Å². The van der Waals surface area contributed by atoms with Crippen molar-refractivity contribution in [3.63, 3.8) is 0 Å². The van der Waals surface area contributed by atoms with E-state index in [2.05, 4.69) is 32.2 Å². The summed E-state index contributed by atoms with van der Waals surface area (Å²) in [6.45, 7) is 0. The highest BCUT2D eigenvalue weighted by Gasteiger charge is 2.09. The van der Waals surface area contributed by atoms with Gasteiger partial charge in [0.2, 0.25) is 0 Å². The van der Waals surface area contributed by atoms with Crippen molar-refractivity contribution >= 4 is 21.6 Å². The lowest BCUT2D eigenvalue weighted by atomic mass is 10.1. The first-order chi connectivity index (χ1) is 9.28. The van der Waals surface area contributed by atoms with E-state index in [0.717, 1.165) is 27.4 Å². The van der Waals surface area contributed by atoms with Crippen LogP contribution in [0.4, 0.5) is 0 Å². The second-order valence-corrected chi connectivity index (χ2v) is 5.00. The highest BCUT2D eigenvalue weighted by Crippen LogP contribution is 2.19. The average molecular weight is 318 g/mol. The first-order valence-corrected chi connectivity index (χ1v) is 6.68. The SMILES string of the molecule is COc1cccc(Cc2nnc3cccc(Br)n23)c1. The van der Waals surface area contributed by atoms with Crippen LogP contribution in [0.5, 0.6) is 5.75 Å². The lowest BCUT2D eigenvalue weighted by Gasteiger charge is -2.04. The molecule has 0 saturated carbocycles. The topological polar surface area (TPSA) is 39.4 Å². The minimum absolute atomic E-state index is 0.709. The molecule has 0 aliphatic carbocycles. The number of rotatable bonds is 3. The van der Waals surface area contributed by atoms with Crippen LogP contribution >= 0.6 is 15.9 Å². The molecule has 3 rings (SSSR count). The molecular formula is C14H12BrN3O. The fraction of sp³-hybridized carbons (Fsp3) is 0.143. The molecule has 0 fully saturated rings. The third-order valence-electron chi connectivity index (χ3n) is 2.94. The molecule has 0 aliphatic heterocycles. The standard InChI is InChI=1S/C14H12BrN3O/c1-19-11-5-2-4-10(8-11)9-14-17-16-13-7-3-6-12(15)18(13)14/h2-8H,9H2,1H3. The van der Waals surface area contributed by atoms with Gasteiger partial charge in [-0.2, -0.15) is 0 Å². The largest absolute Gasteiger partial charge is 0.497 e. The Hall–Kier alpha value is -1.88. The fourth-order valence-electron chi connectivity index (χ4n) is 2.04. The van der Waals surface area contributed by atoms with E-state index in [-0.39, 0.29) is 0 Å². The van der Waals surface area contributed by atoms with E-state index < -0.39 is 0 Å². The molecule has 96 valence electrons. The number of nitrogens with zero attached hydrogens (tertiary/aromatic N) is 3. The summed E-state index contributed by atoms with van der Waals surface area (Å²) in [5.74, 6) is 1.75. The summed E-state index contributed by atoms with van der Waals surface area (Å²) in [5.41, 5.74) is 1.98. The molecule has 2 heterocycles. The van der Waals surface area contributed by atoms with Crippen molar-refractivity contribution < 1.29 is 4.74 Å². The smallest absolute Gasteiger partial charge is 0.161 e. The van der Waals surface area contributed by atoms with Crippen LogP contribution in [0.1, 0.15) is 11.4 Å². The van der Waals surface area contributed by atoms with Crippen LogP contribution < -0.4 is 4.74 Å². The van der Waals surface area contributed by atoms with Crippen molar-refractivity contribution in [1.82, 2.24) is 14.6 Å². The Kier molecular flexibility index (Phi) is 3.21. The van der Waals surface area contributed by atoms with Gasteiger partial charge in [-0.05, 0) is 45.8 Å². The molecule has 0 atom stereocenters. The van der Waals surface area contributed by atoms with Crippen LogP contribution in [-0.4, -0.2) is 21.7 Å². The van der Waals surface area contributed by atoms with E-state index in [1.165, 1.54) is 0 Å². The van der Waals surface area contributed by atoms with Gasteiger partial charge in [0.05, 0.1) is 11.7 Å². The van der Waals surface area contributed by atoms with Gasteiger partial charge >= 0.3 is 0 Å². The zero-order valence-corrected chi connectivity index (χ0v) is 12.0. The van der Waals surface area contributed by atoms with Gasteiger partial charge in [-0.15, -0.1) is 10.2 Å². The van der Waals surface area contributed by atoms with E-state index in [4.69, 9.17) is 4.74 Å². The molecule has 0 unspecified atom stereocenters. The number of pyridine rings is 1. The summed E-state index contributed by atoms with van der Waals surface area (Å²) in [6.07, 6.45) is 0.709. The van der Waals surface area contributed by atoms with Gasteiger partial charge in [-0.3, -0.25) is 4.40 Å². The number of hydrogen-bond acceptors (Lipinski definition) is 3. The molecule has 3 aromatic rings. The fourth-order valence-corrected chi connectivity index (χ4v) is 2.58. The van der Waals surface area contributed by atoms with Gasteiger partial charge in [-0.25, -0.2) is 0 Å². The summed E-state index contributed by atoms with van der Waals surface area (Å²) in [7, 11) is 1.67. The van der Waals surface area contributed by atoms with Gasteiger partial charge < -0.3 is 4.74 Å². The Morgan fingerprint density at radius 1 is 1.16 bits per heavy atom. The van der Waals surface area contributed by atoms with Crippen molar-refractivity contribution in [2.24, 2.45) is 0 Å². The molecule has 0 bridgehead atoms. The highest BCUT2D eigenvalue weighted by atomic mass is 79.9.